The predicted octanol–water partition coefficient (Wildman–Crippen LogP) is -0.245. The molecule has 1 aromatic carbocycles. The van der Waals surface area contributed by atoms with Gasteiger partial charge in [0.05, 0.1) is 18.1 Å². The van der Waals surface area contributed by atoms with E-state index >= 15 is 0 Å². The number of aromatic nitrogens is 1. The second-order valence-corrected chi connectivity index (χ2v) is 5.61. The zero-order valence-corrected chi connectivity index (χ0v) is 11.7. The Bertz CT molecular complexity index is 946. The number of aromatic amines is 1. The molecule has 0 aliphatic heterocycles. The number of pyridine rings is 1. The fraction of sp³-hybridized carbons (Fsp3) is 0.0833. The first kappa shape index (κ1) is 15.6. The monoisotopic (exact) mass is 324 g/mol. The molecule has 10 heteroatoms. The van der Waals surface area contributed by atoms with E-state index in [9.17, 15) is 22.4 Å². The van der Waals surface area contributed by atoms with E-state index in [0.29, 0.717) is 0 Å². The standard InChI is InChI=1S/C12H9FN4O4S/c13-9-3-1-2-7-10(9)15-6-8(11(7)18)12(19)17-22(20,21)16-5-4-14/h1-3,6,16H,5H2,(H,15,18)(H,17,19). The van der Waals surface area contributed by atoms with Gasteiger partial charge in [0, 0.05) is 11.6 Å². The molecular formula is C12H9FN4O4S. The van der Waals surface area contributed by atoms with Gasteiger partial charge in [-0.3, -0.25) is 9.59 Å². The molecule has 0 bridgehead atoms. The number of carbonyl (C=O) groups excluding carboxylic acids is 1. The number of rotatable bonds is 4. The van der Waals surface area contributed by atoms with Gasteiger partial charge in [-0.25, -0.2) is 9.11 Å². The third kappa shape index (κ3) is 3.11. The zero-order valence-electron chi connectivity index (χ0n) is 10.9. The lowest BCUT2D eigenvalue weighted by Gasteiger charge is -2.06. The van der Waals surface area contributed by atoms with Gasteiger partial charge in [-0.15, -0.1) is 0 Å². The molecule has 0 aliphatic rings. The minimum Gasteiger partial charge on any atom is -0.358 e. The Morgan fingerprint density at radius 3 is 2.82 bits per heavy atom. The van der Waals surface area contributed by atoms with Crippen LogP contribution in [0.3, 0.4) is 0 Å². The lowest BCUT2D eigenvalue weighted by molar-refractivity contribution is 0.0980. The van der Waals surface area contributed by atoms with Crippen molar-refractivity contribution in [3.63, 3.8) is 0 Å². The van der Waals surface area contributed by atoms with Crippen molar-refractivity contribution in [1.29, 1.82) is 5.26 Å². The molecule has 0 atom stereocenters. The van der Waals surface area contributed by atoms with Crippen LogP contribution in [0.4, 0.5) is 4.39 Å². The number of hydrogen-bond acceptors (Lipinski definition) is 5. The predicted molar refractivity (Wildman–Crippen MR) is 74.5 cm³/mol. The first-order chi connectivity index (χ1) is 10.4. The average Bonchev–Trinajstić information content (AvgIpc) is 2.46. The quantitative estimate of drug-likeness (QED) is 0.668. The number of halogens is 1. The number of nitrogens with one attached hydrogen (secondary N) is 3. The summed E-state index contributed by atoms with van der Waals surface area (Å²) in [6, 6.07) is 5.25. The van der Waals surface area contributed by atoms with Crippen LogP contribution in [0, 0.1) is 17.1 Å². The number of hydrogen-bond donors (Lipinski definition) is 3. The summed E-state index contributed by atoms with van der Waals surface area (Å²) in [5.74, 6) is -1.87. The molecular weight excluding hydrogens is 315 g/mol. The number of carbonyl (C=O) groups is 1. The maximum absolute atomic E-state index is 13.5. The molecule has 0 aliphatic carbocycles. The average molecular weight is 324 g/mol. The Kier molecular flexibility index (Phi) is 4.20. The van der Waals surface area contributed by atoms with Crippen LogP contribution in [0.15, 0.2) is 29.2 Å². The number of fused-ring (bicyclic) bond motifs is 1. The highest BCUT2D eigenvalue weighted by Gasteiger charge is 2.19. The van der Waals surface area contributed by atoms with Crippen molar-refractivity contribution in [2.75, 3.05) is 6.54 Å². The first-order valence-corrected chi connectivity index (χ1v) is 7.32. The Morgan fingerprint density at radius 2 is 2.14 bits per heavy atom. The van der Waals surface area contributed by atoms with Gasteiger partial charge < -0.3 is 4.98 Å². The SMILES string of the molecule is N#CCNS(=O)(=O)NC(=O)c1c[nH]c2c(F)cccc2c1=O. The number of para-hydroxylation sites is 1. The van der Waals surface area contributed by atoms with Crippen LogP contribution in [0.25, 0.3) is 10.9 Å². The summed E-state index contributed by atoms with van der Waals surface area (Å²) in [5, 5.41) is 8.20. The summed E-state index contributed by atoms with van der Waals surface area (Å²) >= 11 is 0. The van der Waals surface area contributed by atoms with Crippen LogP contribution in [-0.2, 0) is 10.2 Å². The van der Waals surface area contributed by atoms with Crippen molar-refractivity contribution < 1.29 is 17.6 Å². The van der Waals surface area contributed by atoms with E-state index in [-0.39, 0.29) is 10.9 Å². The van der Waals surface area contributed by atoms with Crippen molar-refractivity contribution in [3.8, 4) is 6.07 Å². The van der Waals surface area contributed by atoms with Crippen molar-refractivity contribution >= 4 is 27.0 Å². The molecule has 22 heavy (non-hydrogen) atoms. The molecule has 2 aromatic rings. The van der Waals surface area contributed by atoms with E-state index < -0.39 is 39.5 Å². The van der Waals surface area contributed by atoms with Crippen molar-refractivity contribution in [3.05, 3.63) is 46.0 Å². The van der Waals surface area contributed by atoms with Crippen LogP contribution >= 0.6 is 0 Å². The molecule has 1 heterocycles. The minimum absolute atomic E-state index is 0.0879. The number of benzene rings is 1. The van der Waals surface area contributed by atoms with Gasteiger partial charge in [-0.1, -0.05) is 6.07 Å². The molecule has 1 aromatic heterocycles. The lowest BCUT2D eigenvalue weighted by atomic mass is 10.1. The van der Waals surface area contributed by atoms with Crippen LogP contribution in [-0.4, -0.2) is 25.9 Å². The van der Waals surface area contributed by atoms with Gasteiger partial charge in [0.25, 0.3) is 5.91 Å². The third-order valence-electron chi connectivity index (χ3n) is 2.68. The number of amides is 1. The van der Waals surface area contributed by atoms with Crippen LogP contribution in [0.1, 0.15) is 10.4 Å². The van der Waals surface area contributed by atoms with Gasteiger partial charge in [0.2, 0.25) is 5.43 Å². The second-order valence-electron chi connectivity index (χ2n) is 4.11. The highest BCUT2D eigenvalue weighted by molar-refractivity contribution is 7.88. The smallest absolute Gasteiger partial charge is 0.302 e. The maximum Gasteiger partial charge on any atom is 0.302 e. The molecule has 2 rings (SSSR count). The fourth-order valence-electron chi connectivity index (χ4n) is 1.72. The molecule has 8 nitrogen and oxygen atoms in total. The Hall–Kier alpha value is -2.77. The van der Waals surface area contributed by atoms with Gasteiger partial charge in [0.15, 0.2) is 0 Å². The number of nitriles is 1. The van der Waals surface area contributed by atoms with Gasteiger partial charge >= 0.3 is 10.2 Å². The van der Waals surface area contributed by atoms with E-state index in [1.807, 2.05) is 0 Å². The fourth-order valence-corrected chi connectivity index (χ4v) is 2.40. The molecule has 0 radical (unpaired) electrons. The molecule has 0 unspecified atom stereocenters. The summed E-state index contributed by atoms with van der Waals surface area (Å²) in [7, 11) is -4.27. The Morgan fingerprint density at radius 1 is 1.41 bits per heavy atom. The Balaban J connectivity index is 2.40. The number of nitrogens with zero attached hydrogens (tertiary/aromatic N) is 1. The summed E-state index contributed by atoms with van der Waals surface area (Å²) in [5.41, 5.74) is -1.41. The van der Waals surface area contributed by atoms with Gasteiger partial charge in [0.1, 0.15) is 11.4 Å². The van der Waals surface area contributed by atoms with Crippen molar-refractivity contribution in [1.82, 2.24) is 14.4 Å². The summed E-state index contributed by atoms with van der Waals surface area (Å²) in [4.78, 5) is 26.4. The van der Waals surface area contributed by atoms with Gasteiger partial charge in [-0.05, 0) is 12.1 Å². The summed E-state index contributed by atoms with van der Waals surface area (Å²) in [6.45, 7) is -0.540. The normalized spacial score (nSPS) is 11.1. The summed E-state index contributed by atoms with van der Waals surface area (Å²) in [6.07, 6.45) is 0.920. The lowest BCUT2D eigenvalue weighted by Crippen LogP contribution is -2.41. The van der Waals surface area contributed by atoms with Crippen LogP contribution < -0.4 is 14.9 Å². The van der Waals surface area contributed by atoms with Gasteiger partial charge in [-0.2, -0.15) is 18.4 Å². The molecule has 0 spiro atoms. The van der Waals surface area contributed by atoms with E-state index in [1.54, 1.807) is 9.44 Å². The Labute approximate surface area is 123 Å². The zero-order chi connectivity index (χ0) is 16.3. The third-order valence-corrected chi connectivity index (χ3v) is 3.66. The molecule has 114 valence electrons. The second kappa shape index (κ2) is 5.92. The summed E-state index contributed by atoms with van der Waals surface area (Å²) < 4.78 is 39.7. The van der Waals surface area contributed by atoms with E-state index in [1.165, 1.54) is 18.2 Å². The molecule has 0 saturated carbocycles. The van der Waals surface area contributed by atoms with Crippen LogP contribution in [0.5, 0.6) is 0 Å². The van der Waals surface area contributed by atoms with Crippen molar-refractivity contribution in [2.45, 2.75) is 0 Å². The van der Waals surface area contributed by atoms with E-state index in [4.69, 9.17) is 5.26 Å². The van der Waals surface area contributed by atoms with E-state index in [0.717, 1.165) is 12.3 Å². The topological polar surface area (TPSA) is 132 Å². The molecule has 0 saturated heterocycles. The molecule has 1 amide bonds. The molecule has 0 fully saturated rings. The maximum atomic E-state index is 13.5. The molecule has 3 N–H and O–H groups in total. The highest BCUT2D eigenvalue weighted by Crippen LogP contribution is 2.12. The largest absolute Gasteiger partial charge is 0.358 e. The highest BCUT2D eigenvalue weighted by atomic mass is 32.2. The van der Waals surface area contributed by atoms with E-state index in [2.05, 4.69) is 4.98 Å². The number of H-pyrrole nitrogens is 1. The van der Waals surface area contributed by atoms with Crippen LogP contribution in [0.2, 0.25) is 0 Å². The first-order valence-electron chi connectivity index (χ1n) is 5.84. The van der Waals surface area contributed by atoms with Crippen molar-refractivity contribution in [2.24, 2.45) is 0 Å². The minimum atomic E-state index is -4.27.